The van der Waals surface area contributed by atoms with Crippen LogP contribution < -0.4 is 10.6 Å². The zero-order valence-corrected chi connectivity index (χ0v) is 18.2. The molecule has 0 spiro atoms. The van der Waals surface area contributed by atoms with Gasteiger partial charge in [0.25, 0.3) is 0 Å². The van der Waals surface area contributed by atoms with Crippen molar-refractivity contribution in [2.24, 2.45) is 0 Å². The lowest BCUT2D eigenvalue weighted by Gasteiger charge is -2.29. The number of aryl methyl sites for hydroxylation is 2. The zero-order valence-electron chi connectivity index (χ0n) is 17.4. The average Bonchev–Trinajstić information content (AvgIpc) is 2.68. The van der Waals surface area contributed by atoms with Crippen LogP contribution in [0.3, 0.4) is 0 Å². The summed E-state index contributed by atoms with van der Waals surface area (Å²) in [5, 5.41) is 5.56. The second kappa shape index (κ2) is 8.74. The first-order chi connectivity index (χ1) is 13.8. The molecule has 29 heavy (non-hydrogen) atoms. The molecule has 1 unspecified atom stereocenters. The molecule has 1 aliphatic heterocycles. The molecule has 3 rings (SSSR count). The Balaban J connectivity index is 1.97. The first kappa shape index (κ1) is 21.0. The van der Waals surface area contributed by atoms with Crippen molar-refractivity contribution in [3.05, 3.63) is 75.5 Å². The number of benzene rings is 2. The summed E-state index contributed by atoms with van der Waals surface area (Å²) in [5.41, 5.74) is 6.43. The number of hydrogen-bond acceptors (Lipinski definition) is 4. The quantitative estimate of drug-likeness (QED) is 0.554. The predicted octanol–water partition coefficient (Wildman–Crippen LogP) is 4.71. The van der Waals surface area contributed by atoms with E-state index in [0.29, 0.717) is 11.3 Å². The molecule has 2 N–H and O–H groups in total. The third kappa shape index (κ3) is 4.65. The van der Waals surface area contributed by atoms with Crippen molar-refractivity contribution < 1.29 is 14.3 Å². The van der Waals surface area contributed by atoms with Crippen LogP contribution in [0.2, 0.25) is 0 Å². The van der Waals surface area contributed by atoms with E-state index in [4.69, 9.17) is 4.74 Å². The number of urea groups is 1. The predicted molar refractivity (Wildman–Crippen MR) is 116 cm³/mol. The number of thioether (sulfide) groups is 1. The SMILES string of the molecule is COC(=O)C1=C(C)NC(=O)NC1c1cc(C)cc(CSc2ccc(C)cc2)c1C. The first-order valence-electron chi connectivity index (χ1n) is 9.46. The Hall–Kier alpha value is -2.73. The number of amides is 2. The Kier molecular flexibility index (Phi) is 6.33. The highest BCUT2D eigenvalue weighted by atomic mass is 32.2. The number of rotatable bonds is 5. The minimum Gasteiger partial charge on any atom is -0.466 e. The van der Waals surface area contributed by atoms with Gasteiger partial charge in [-0.2, -0.15) is 0 Å². The number of esters is 1. The van der Waals surface area contributed by atoms with Crippen molar-refractivity contribution in [1.29, 1.82) is 0 Å². The minimum absolute atomic E-state index is 0.323. The maximum Gasteiger partial charge on any atom is 0.337 e. The number of methoxy groups -OCH3 is 1. The standard InChI is InChI=1S/C23H26N2O3S/c1-13-6-8-18(9-7-13)29-12-17-10-14(2)11-19(15(17)3)21-20(22(26)28-5)16(4)24-23(27)25-21/h6-11,21H,12H2,1-5H3,(H2,24,25,27). The van der Waals surface area contributed by atoms with Crippen LogP contribution in [0.15, 0.2) is 52.6 Å². The zero-order chi connectivity index (χ0) is 21.1. The monoisotopic (exact) mass is 410 g/mol. The molecular formula is C23H26N2O3S. The van der Waals surface area contributed by atoms with E-state index in [-0.39, 0.29) is 6.03 Å². The highest BCUT2D eigenvalue weighted by Crippen LogP contribution is 2.34. The summed E-state index contributed by atoms with van der Waals surface area (Å²) in [4.78, 5) is 25.7. The third-order valence-corrected chi connectivity index (χ3v) is 6.16. The van der Waals surface area contributed by atoms with Crippen LogP contribution in [0.25, 0.3) is 0 Å². The second-order valence-electron chi connectivity index (χ2n) is 7.30. The molecule has 1 aliphatic rings. The van der Waals surface area contributed by atoms with Gasteiger partial charge < -0.3 is 15.4 Å². The smallest absolute Gasteiger partial charge is 0.337 e. The largest absolute Gasteiger partial charge is 0.466 e. The highest BCUT2D eigenvalue weighted by Gasteiger charge is 2.33. The molecule has 2 aromatic rings. The fraction of sp³-hybridized carbons (Fsp3) is 0.304. The lowest BCUT2D eigenvalue weighted by molar-refractivity contribution is -0.136. The molecule has 5 nitrogen and oxygen atoms in total. The van der Waals surface area contributed by atoms with Gasteiger partial charge in [-0.3, -0.25) is 0 Å². The molecule has 0 fully saturated rings. The van der Waals surface area contributed by atoms with Gasteiger partial charge in [-0.1, -0.05) is 35.4 Å². The highest BCUT2D eigenvalue weighted by molar-refractivity contribution is 7.98. The van der Waals surface area contributed by atoms with Crippen LogP contribution in [0, 0.1) is 20.8 Å². The van der Waals surface area contributed by atoms with Gasteiger partial charge in [-0.15, -0.1) is 11.8 Å². The van der Waals surface area contributed by atoms with Crippen LogP contribution in [0.5, 0.6) is 0 Å². The Labute approximate surface area is 175 Å². The summed E-state index contributed by atoms with van der Waals surface area (Å²) < 4.78 is 4.97. The van der Waals surface area contributed by atoms with Crippen molar-refractivity contribution in [2.45, 2.75) is 44.4 Å². The lowest BCUT2D eigenvalue weighted by atomic mass is 9.89. The molecular weight excluding hydrogens is 384 g/mol. The van der Waals surface area contributed by atoms with Crippen LogP contribution in [0.4, 0.5) is 4.79 Å². The van der Waals surface area contributed by atoms with Gasteiger partial charge >= 0.3 is 12.0 Å². The van der Waals surface area contributed by atoms with Crippen molar-refractivity contribution in [1.82, 2.24) is 10.6 Å². The summed E-state index contributed by atoms with van der Waals surface area (Å²) in [5.74, 6) is 0.357. The van der Waals surface area contributed by atoms with E-state index in [9.17, 15) is 9.59 Å². The van der Waals surface area contributed by atoms with Crippen molar-refractivity contribution in [3.63, 3.8) is 0 Å². The van der Waals surface area contributed by atoms with E-state index in [1.165, 1.54) is 23.1 Å². The number of nitrogens with one attached hydrogen (secondary N) is 2. The minimum atomic E-state index is -0.542. The number of carbonyl (C=O) groups is 2. The van der Waals surface area contributed by atoms with Gasteiger partial charge in [-0.25, -0.2) is 9.59 Å². The molecule has 0 radical (unpaired) electrons. The Bertz CT molecular complexity index is 980. The van der Waals surface area contributed by atoms with Gasteiger partial charge in [-0.05, 0) is 56.5 Å². The van der Waals surface area contributed by atoms with Crippen LogP contribution in [-0.2, 0) is 15.3 Å². The Morgan fingerprint density at radius 3 is 2.41 bits per heavy atom. The summed E-state index contributed by atoms with van der Waals surface area (Å²) in [6, 6.07) is 11.8. The van der Waals surface area contributed by atoms with E-state index >= 15 is 0 Å². The normalized spacial score (nSPS) is 16.3. The molecule has 0 saturated carbocycles. The summed E-state index contributed by atoms with van der Waals surface area (Å²) >= 11 is 1.77. The van der Waals surface area contributed by atoms with Crippen molar-refractivity contribution >= 4 is 23.8 Å². The van der Waals surface area contributed by atoms with Crippen LogP contribution in [-0.4, -0.2) is 19.1 Å². The van der Waals surface area contributed by atoms with Crippen LogP contribution in [0.1, 0.15) is 40.8 Å². The first-order valence-corrected chi connectivity index (χ1v) is 10.4. The number of allylic oxidation sites excluding steroid dienone is 1. The maximum absolute atomic E-state index is 12.4. The molecule has 152 valence electrons. The second-order valence-corrected chi connectivity index (χ2v) is 8.35. The maximum atomic E-state index is 12.4. The molecule has 2 aromatic carbocycles. The fourth-order valence-corrected chi connectivity index (χ4v) is 4.47. The molecule has 1 atom stereocenters. The van der Waals surface area contributed by atoms with Gasteiger partial charge in [0.15, 0.2) is 0 Å². The van der Waals surface area contributed by atoms with E-state index in [2.05, 4.69) is 47.9 Å². The van der Waals surface area contributed by atoms with E-state index in [1.807, 2.05) is 19.9 Å². The lowest BCUT2D eigenvalue weighted by Crippen LogP contribution is -2.45. The van der Waals surface area contributed by atoms with Gasteiger partial charge in [0, 0.05) is 16.3 Å². The molecule has 0 aliphatic carbocycles. The van der Waals surface area contributed by atoms with Gasteiger partial charge in [0.1, 0.15) is 0 Å². The summed E-state index contributed by atoms with van der Waals surface area (Å²) in [6.45, 7) is 7.86. The van der Waals surface area contributed by atoms with Crippen molar-refractivity contribution in [3.8, 4) is 0 Å². The molecule has 6 heteroatoms. The number of hydrogen-bond donors (Lipinski definition) is 2. The Morgan fingerprint density at radius 1 is 1.07 bits per heavy atom. The fourth-order valence-electron chi connectivity index (χ4n) is 3.52. The summed E-state index contributed by atoms with van der Waals surface area (Å²) in [6.07, 6.45) is 0. The number of ether oxygens (including phenoxy) is 1. The third-order valence-electron chi connectivity index (χ3n) is 5.10. The van der Waals surface area contributed by atoms with Gasteiger partial charge in [0.05, 0.1) is 18.7 Å². The molecule has 0 bridgehead atoms. The van der Waals surface area contributed by atoms with E-state index in [1.54, 1.807) is 18.7 Å². The molecule has 2 amide bonds. The Morgan fingerprint density at radius 2 is 1.76 bits per heavy atom. The van der Waals surface area contributed by atoms with Crippen LogP contribution >= 0.6 is 11.8 Å². The average molecular weight is 411 g/mol. The molecule has 0 saturated heterocycles. The topological polar surface area (TPSA) is 67.4 Å². The van der Waals surface area contributed by atoms with Crippen molar-refractivity contribution in [2.75, 3.05) is 7.11 Å². The molecule has 0 aromatic heterocycles. The molecule has 1 heterocycles. The van der Waals surface area contributed by atoms with E-state index < -0.39 is 12.0 Å². The van der Waals surface area contributed by atoms with E-state index in [0.717, 1.165) is 22.4 Å². The number of carbonyl (C=O) groups excluding carboxylic acids is 2. The summed E-state index contributed by atoms with van der Waals surface area (Å²) in [7, 11) is 1.35. The van der Waals surface area contributed by atoms with Gasteiger partial charge in [0.2, 0.25) is 0 Å².